The van der Waals surface area contributed by atoms with Crippen molar-refractivity contribution >= 4 is 17.2 Å². The Labute approximate surface area is 154 Å². The molecule has 4 nitrogen and oxygen atoms in total. The highest BCUT2D eigenvalue weighted by molar-refractivity contribution is 7.09. The molecular weight excluding hydrogens is 332 g/mol. The maximum Gasteiger partial charge on any atom is 0.234 e. The van der Waals surface area contributed by atoms with Crippen molar-refractivity contribution in [2.24, 2.45) is 0 Å². The van der Waals surface area contributed by atoms with Crippen molar-refractivity contribution in [3.05, 3.63) is 52.2 Å². The number of ether oxygens (including phenoxy) is 1. The molecule has 0 unspecified atom stereocenters. The number of carbonyl (C=O) groups excluding carboxylic acids is 1. The largest absolute Gasteiger partial charge is 0.496 e. The molecule has 0 radical (unpaired) electrons. The predicted molar refractivity (Wildman–Crippen MR) is 104 cm³/mol. The standard InChI is InChI=1S/C20H28N2O2S/c1-4-17(5-2)21-20(23)15-22(14-18-10-8-12-25-18)13-16-9-6-7-11-19(16)24-3/h6-12,17H,4-5,13-15H2,1-3H3,(H,21,23). The van der Waals surface area contributed by atoms with Gasteiger partial charge in [0.1, 0.15) is 5.75 Å². The molecule has 25 heavy (non-hydrogen) atoms. The highest BCUT2D eigenvalue weighted by Gasteiger charge is 2.16. The Hall–Kier alpha value is -1.85. The van der Waals surface area contributed by atoms with Gasteiger partial charge in [-0.1, -0.05) is 38.1 Å². The zero-order valence-corrected chi connectivity index (χ0v) is 16.1. The second-order valence-electron chi connectivity index (χ2n) is 6.12. The van der Waals surface area contributed by atoms with Crippen LogP contribution in [0.5, 0.6) is 5.75 Å². The van der Waals surface area contributed by atoms with Crippen molar-refractivity contribution in [1.29, 1.82) is 0 Å². The Morgan fingerprint density at radius 2 is 1.92 bits per heavy atom. The summed E-state index contributed by atoms with van der Waals surface area (Å²) in [6, 6.07) is 12.4. The van der Waals surface area contributed by atoms with E-state index in [0.29, 0.717) is 13.1 Å². The Morgan fingerprint density at radius 1 is 1.16 bits per heavy atom. The fraction of sp³-hybridized carbons (Fsp3) is 0.450. The first-order valence-electron chi connectivity index (χ1n) is 8.82. The molecule has 0 aliphatic heterocycles. The molecule has 2 rings (SSSR count). The molecule has 0 aliphatic rings. The van der Waals surface area contributed by atoms with Gasteiger partial charge in [-0.3, -0.25) is 9.69 Å². The number of hydrogen-bond acceptors (Lipinski definition) is 4. The fourth-order valence-electron chi connectivity index (χ4n) is 2.83. The van der Waals surface area contributed by atoms with E-state index >= 15 is 0 Å². The van der Waals surface area contributed by atoms with Crippen LogP contribution >= 0.6 is 11.3 Å². The predicted octanol–water partition coefficient (Wildman–Crippen LogP) is 4.06. The maximum absolute atomic E-state index is 12.5. The van der Waals surface area contributed by atoms with Crippen LogP contribution in [0.25, 0.3) is 0 Å². The van der Waals surface area contributed by atoms with Crippen molar-refractivity contribution in [3.8, 4) is 5.75 Å². The number of benzene rings is 1. The van der Waals surface area contributed by atoms with Crippen LogP contribution in [0, 0.1) is 0 Å². The summed E-state index contributed by atoms with van der Waals surface area (Å²) in [5, 5.41) is 5.20. The number of nitrogens with one attached hydrogen (secondary N) is 1. The van der Waals surface area contributed by atoms with E-state index < -0.39 is 0 Å². The van der Waals surface area contributed by atoms with Gasteiger partial charge in [0.15, 0.2) is 0 Å². The van der Waals surface area contributed by atoms with Gasteiger partial charge in [0.05, 0.1) is 13.7 Å². The van der Waals surface area contributed by atoms with Crippen LogP contribution in [-0.2, 0) is 17.9 Å². The average Bonchev–Trinajstić information content (AvgIpc) is 3.13. The minimum atomic E-state index is 0.0835. The van der Waals surface area contributed by atoms with Gasteiger partial charge in [-0.15, -0.1) is 11.3 Å². The highest BCUT2D eigenvalue weighted by Crippen LogP contribution is 2.21. The third kappa shape index (κ3) is 6.18. The van der Waals surface area contributed by atoms with Crippen molar-refractivity contribution in [1.82, 2.24) is 10.2 Å². The van der Waals surface area contributed by atoms with Gasteiger partial charge in [0.25, 0.3) is 0 Å². The molecule has 0 bridgehead atoms. The number of carbonyl (C=O) groups is 1. The van der Waals surface area contributed by atoms with Gasteiger partial charge < -0.3 is 10.1 Å². The number of thiophene rings is 1. The molecule has 1 aromatic carbocycles. The summed E-state index contributed by atoms with van der Waals surface area (Å²) in [6.07, 6.45) is 1.92. The minimum absolute atomic E-state index is 0.0835. The summed E-state index contributed by atoms with van der Waals surface area (Å²) >= 11 is 1.72. The molecule has 1 amide bonds. The van der Waals surface area contributed by atoms with Gasteiger partial charge in [-0.25, -0.2) is 0 Å². The molecule has 1 aromatic heterocycles. The molecule has 0 aliphatic carbocycles. The van der Waals surface area contributed by atoms with Crippen molar-refractivity contribution < 1.29 is 9.53 Å². The SMILES string of the molecule is CCC(CC)NC(=O)CN(Cc1cccs1)Cc1ccccc1OC. The lowest BCUT2D eigenvalue weighted by molar-refractivity contribution is -0.123. The van der Waals surface area contributed by atoms with Gasteiger partial charge in [-0.05, 0) is 30.4 Å². The second kappa shape index (κ2) is 10.2. The molecule has 136 valence electrons. The summed E-state index contributed by atoms with van der Waals surface area (Å²) in [6.45, 7) is 6.02. The first-order valence-corrected chi connectivity index (χ1v) is 9.70. The van der Waals surface area contributed by atoms with Gasteiger partial charge in [0, 0.05) is 29.6 Å². The van der Waals surface area contributed by atoms with E-state index in [1.807, 2.05) is 24.3 Å². The van der Waals surface area contributed by atoms with Gasteiger partial charge in [0.2, 0.25) is 5.91 Å². The molecule has 2 aromatic rings. The number of methoxy groups -OCH3 is 1. The van der Waals surface area contributed by atoms with Crippen LogP contribution < -0.4 is 10.1 Å². The number of amides is 1. The maximum atomic E-state index is 12.5. The van der Waals surface area contributed by atoms with E-state index in [0.717, 1.165) is 30.7 Å². The van der Waals surface area contributed by atoms with Crippen molar-refractivity contribution in [2.75, 3.05) is 13.7 Å². The summed E-state index contributed by atoms with van der Waals surface area (Å²) in [4.78, 5) is 15.9. The Morgan fingerprint density at radius 3 is 2.56 bits per heavy atom. The van der Waals surface area contributed by atoms with Crippen LogP contribution in [0.3, 0.4) is 0 Å². The lowest BCUT2D eigenvalue weighted by Gasteiger charge is -2.24. The van der Waals surface area contributed by atoms with Crippen molar-refractivity contribution in [3.63, 3.8) is 0 Å². The molecule has 1 N–H and O–H groups in total. The van der Waals surface area contributed by atoms with Crippen LogP contribution in [0.4, 0.5) is 0 Å². The van der Waals surface area contributed by atoms with Crippen molar-refractivity contribution in [2.45, 2.75) is 45.8 Å². The summed E-state index contributed by atoms with van der Waals surface area (Å²) in [5.41, 5.74) is 1.09. The topological polar surface area (TPSA) is 41.6 Å². The van der Waals surface area contributed by atoms with Gasteiger partial charge >= 0.3 is 0 Å². The summed E-state index contributed by atoms with van der Waals surface area (Å²) < 4.78 is 5.46. The molecule has 1 heterocycles. The van der Waals surface area contributed by atoms with Crippen LogP contribution in [0.15, 0.2) is 41.8 Å². The number of nitrogens with zero attached hydrogens (tertiary/aromatic N) is 1. The van der Waals surface area contributed by atoms with E-state index in [4.69, 9.17) is 4.74 Å². The number of para-hydroxylation sites is 1. The Balaban J connectivity index is 2.08. The van der Waals surface area contributed by atoms with E-state index in [-0.39, 0.29) is 11.9 Å². The average molecular weight is 361 g/mol. The van der Waals surface area contributed by atoms with E-state index in [9.17, 15) is 4.79 Å². The lowest BCUT2D eigenvalue weighted by Crippen LogP contribution is -2.41. The molecular formula is C20H28N2O2S. The molecule has 5 heteroatoms. The van der Waals surface area contributed by atoms with Crippen LogP contribution in [0.2, 0.25) is 0 Å². The first kappa shape index (κ1) is 19.5. The summed E-state index contributed by atoms with van der Waals surface area (Å²) in [5.74, 6) is 0.944. The Bertz CT molecular complexity index is 639. The lowest BCUT2D eigenvalue weighted by atomic mass is 10.1. The monoisotopic (exact) mass is 360 g/mol. The Kier molecular flexibility index (Phi) is 7.95. The molecule has 0 fully saturated rings. The smallest absolute Gasteiger partial charge is 0.234 e. The summed E-state index contributed by atoms with van der Waals surface area (Å²) in [7, 11) is 1.68. The molecule has 0 saturated heterocycles. The first-order chi connectivity index (χ1) is 12.2. The molecule has 0 saturated carbocycles. The van der Waals surface area contributed by atoms with Crippen LogP contribution in [-0.4, -0.2) is 30.5 Å². The number of hydrogen-bond donors (Lipinski definition) is 1. The highest BCUT2D eigenvalue weighted by atomic mass is 32.1. The van der Waals surface area contributed by atoms with Gasteiger partial charge in [-0.2, -0.15) is 0 Å². The normalized spacial score (nSPS) is 11.1. The van der Waals surface area contributed by atoms with E-state index in [2.05, 4.69) is 41.6 Å². The molecule has 0 spiro atoms. The fourth-order valence-corrected chi connectivity index (χ4v) is 3.58. The second-order valence-corrected chi connectivity index (χ2v) is 7.15. The van der Waals surface area contributed by atoms with E-state index in [1.54, 1.807) is 18.4 Å². The third-order valence-electron chi connectivity index (χ3n) is 4.26. The molecule has 0 atom stereocenters. The quantitative estimate of drug-likeness (QED) is 0.695. The van der Waals surface area contributed by atoms with E-state index in [1.165, 1.54) is 4.88 Å². The zero-order chi connectivity index (χ0) is 18.1. The minimum Gasteiger partial charge on any atom is -0.496 e. The third-order valence-corrected chi connectivity index (χ3v) is 5.13. The number of rotatable bonds is 10. The zero-order valence-electron chi connectivity index (χ0n) is 15.3. The van der Waals surface area contributed by atoms with Crippen LogP contribution in [0.1, 0.15) is 37.1 Å².